The van der Waals surface area contributed by atoms with E-state index in [1.54, 1.807) is 0 Å². The lowest BCUT2D eigenvalue weighted by atomic mass is 10.0. The van der Waals surface area contributed by atoms with Gasteiger partial charge in [-0.2, -0.15) is 4.31 Å². The fraction of sp³-hybridized carbons (Fsp3) is 0.391. The molecule has 0 bridgehead atoms. The average molecular weight is 475 g/mol. The van der Waals surface area contributed by atoms with E-state index in [1.165, 1.54) is 22.5 Å². The van der Waals surface area contributed by atoms with Crippen molar-refractivity contribution in [3.8, 4) is 0 Å². The third-order valence-electron chi connectivity index (χ3n) is 5.79. The minimum absolute atomic E-state index is 0.0403. The number of sulfonamides is 1. The second-order valence-electron chi connectivity index (χ2n) is 8.44. The highest BCUT2D eigenvalue weighted by Crippen LogP contribution is 2.27. The van der Waals surface area contributed by atoms with Crippen molar-refractivity contribution >= 4 is 38.6 Å². The average Bonchev–Trinajstić information content (AvgIpc) is 3.21. The Hall–Kier alpha value is -2.42. The third-order valence-corrected chi connectivity index (χ3v) is 8.02. The molecule has 1 aliphatic heterocycles. The highest BCUT2D eigenvalue weighted by molar-refractivity contribution is 7.89. The molecule has 3 aromatic rings. The van der Waals surface area contributed by atoms with E-state index in [2.05, 4.69) is 15.3 Å². The Balaban J connectivity index is 1.62. The van der Waals surface area contributed by atoms with Crippen molar-refractivity contribution in [2.45, 2.75) is 44.0 Å². The number of hydrogen-bond acceptors (Lipinski definition) is 4. The second kappa shape index (κ2) is 9.21. The van der Waals surface area contributed by atoms with Gasteiger partial charge < -0.3 is 10.3 Å². The van der Waals surface area contributed by atoms with Crippen molar-refractivity contribution in [3.05, 3.63) is 58.9 Å². The first-order valence-electron chi connectivity index (χ1n) is 10.8. The molecule has 0 aliphatic carbocycles. The van der Waals surface area contributed by atoms with Crippen molar-refractivity contribution in [1.29, 1.82) is 0 Å². The van der Waals surface area contributed by atoms with Gasteiger partial charge in [0.2, 0.25) is 10.0 Å². The summed E-state index contributed by atoms with van der Waals surface area (Å²) < 4.78 is 27.6. The molecular weight excluding hydrogens is 448 g/mol. The van der Waals surface area contributed by atoms with Crippen molar-refractivity contribution < 1.29 is 13.2 Å². The minimum atomic E-state index is -3.67. The Bertz CT molecular complexity index is 1200. The van der Waals surface area contributed by atoms with Crippen LogP contribution in [0.5, 0.6) is 0 Å². The normalized spacial score (nSPS) is 16.4. The first kappa shape index (κ1) is 22.8. The zero-order chi connectivity index (χ0) is 22.9. The molecule has 0 saturated carbocycles. The zero-order valence-electron chi connectivity index (χ0n) is 18.1. The lowest BCUT2D eigenvalue weighted by Gasteiger charge is -2.26. The van der Waals surface area contributed by atoms with Gasteiger partial charge in [0, 0.05) is 13.1 Å². The number of nitrogens with one attached hydrogen (secondary N) is 2. The fourth-order valence-electron chi connectivity index (χ4n) is 3.98. The Morgan fingerprint density at radius 1 is 1.12 bits per heavy atom. The molecule has 170 valence electrons. The molecule has 9 heteroatoms. The van der Waals surface area contributed by atoms with Gasteiger partial charge >= 0.3 is 0 Å². The smallest absolute Gasteiger partial charge is 0.253 e. The standard InChI is InChI=1S/C23H27ClN4O3S/c1-15(2)21(22-25-19-8-4-5-9-20(19)26-22)27-23(29)17-14-16(10-11-18(17)24)32(30,31)28-12-6-3-7-13-28/h4-5,8-11,14-15,21H,3,6-7,12-13H2,1-2H3,(H,25,26)(H,27,29)/t21-/m0/s1. The van der Waals surface area contributed by atoms with Crippen LogP contribution in [0.15, 0.2) is 47.4 Å². The third kappa shape index (κ3) is 4.53. The number of para-hydroxylation sites is 2. The van der Waals surface area contributed by atoms with Crippen LogP contribution in [0.2, 0.25) is 5.02 Å². The molecule has 1 aromatic heterocycles. The van der Waals surface area contributed by atoms with Crippen molar-refractivity contribution in [2.75, 3.05) is 13.1 Å². The maximum atomic E-state index is 13.2. The van der Waals surface area contributed by atoms with Gasteiger partial charge in [-0.1, -0.05) is 44.0 Å². The van der Waals surface area contributed by atoms with Crippen LogP contribution in [0.4, 0.5) is 0 Å². The van der Waals surface area contributed by atoms with E-state index in [4.69, 9.17) is 11.6 Å². The zero-order valence-corrected chi connectivity index (χ0v) is 19.7. The van der Waals surface area contributed by atoms with E-state index >= 15 is 0 Å². The molecule has 2 N–H and O–H groups in total. The highest BCUT2D eigenvalue weighted by Gasteiger charge is 2.28. The monoisotopic (exact) mass is 474 g/mol. The first-order valence-corrected chi connectivity index (χ1v) is 12.6. The number of carbonyl (C=O) groups excluding carboxylic acids is 1. The van der Waals surface area contributed by atoms with E-state index in [1.807, 2.05) is 38.1 Å². The number of hydrogen-bond donors (Lipinski definition) is 2. The van der Waals surface area contributed by atoms with E-state index < -0.39 is 22.0 Å². The van der Waals surface area contributed by atoms with E-state index in [0.717, 1.165) is 30.3 Å². The summed E-state index contributed by atoms with van der Waals surface area (Å²) in [5, 5.41) is 3.18. The molecule has 0 spiro atoms. The lowest BCUT2D eigenvalue weighted by Crippen LogP contribution is -2.36. The Kier molecular flexibility index (Phi) is 6.55. The number of fused-ring (bicyclic) bond motifs is 1. The summed E-state index contributed by atoms with van der Waals surface area (Å²) in [6, 6.07) is 11.6. The second-order valence-corrected chi connectivity index (χ2v) is 10.8. The summed E-state index contributed by atoms with van der Waals surface area (Å²) >= 11 is 6.31. The molecule has 1 aliphatic rings. The molecule has 0 unspecified atom stereocenters. The number of rotatable bonds is 6. The number of aromatic nitrogens is 2. The molecule has 0 radical (unpaired) electrons. The van der Waals surface area contributed by atoms with Gasteiger partial charge in [-0.15, -0.1) is 0 Å². The summed E-state index contributed by atoms with van der Waals surface area (Å²) in [4.78, 5) is 21.1. The molecule has 1 saturated heterocycles. The number of halogens is 1. The maximum absolute atomic E-state index is 13.2. The van der Waals surface area contributed by atoms with Gasteiger partial charge in [0.1, 0.15) is 5.82 Å². The van der Waals surface area contributed by atoms with Gasteiger partial charge in [0.15, 0.2) is 0 Å². The number of imidazole rings is 1. The number of nitrogens with zero attached hydrogens (tertiary/aromatic N) is 2. The number of amides is 1. The van der Waals surface area contributed by atoms with Gasteiger partial charge in [0.25, 0.3) is 5.91 Å². The van der Waals surface area contributed by atoms with Crippen LogP contribution in [-0.4, -0.2) is 41.7 Å². The lowest BCUT2D eigenvalue weighted by molar-refractivity contribution is 0.0923. The van der Waals surface area contributed by atoms with Gasteiger partial charge in [0.05, 0.1) is 32.6 Å². The van der Waals surface area contributed by atoms with Crippen LogP contribution < -0.4 is 5.32 Å². The Morgan fingerprint density at radius 2 is 1.84 bits per heavy atom. The molecular formula is C23H27ClN4O3S. The highest BCUT2D eigenvalue weighted by atomic mass is 35.5. The number of aromatic amines is 1. The van der Waals surface area contributed by atoms with E-state index in [-0.39, 0.29) is 21.4 Å². The summed E-state index contributed by atoms with van der Waals surface area (Å²) in [7, 11) is -3.67. The number of H-pyrrole nitrogens is 1. The molecule has 1 fully saturated rings. The van der Waals surface area contributed by atoms with E-state index in [0.29, 0.717) is 18.9 Å². The van der Waals surface area contributed by atoms with Crippen LogP contribution in [0.1, 0.15) is 55.3 Å². The van der Waals surface area contributed by atoms with Crippen LogP contribution in [-0.2, 0) is 10.0 Å². The minimum Gasteiger partial charge on any atom is -0.342 e. The summed E-state index contributed by atoms with van der Waals surface area (Å²) in [6.07, 6.45) is 2.71. The SMILES string of the molecule is CC(C)[C@H](NC(=O)c1cc(S(=O)(=O)N2CCCCC2)ccc1Cl)c1nc2ccccc2[nH]1. The van der Waals surface area contributed by atoms with Gasteiger partial charge in [-0.05, 0) is 49.1 Å². The van der Waals surface area contributed by atoms with Crippen LogP contribution in [0.3, 0.4) is 0 Å². The van der Waals surface area contributed by atoms with Crippen LogP contribution in [0.25, 0.3) is 11.0 Å². The number of piperidine rings is 1. The molecule has 1 amide bonds. The largest absolute Gasteiger partial charge is 0.342 e. The molecule has 32 heavy (non-hydrogen) atoms. The Morgan fingerprint density at radius 3 is 2.53 bits per heavy atom. The quantitative estimate of drug-likeness (QED) is 0.549. The van der Waals surface area contributed by atoms with Gasteiger partial charge in [-0.25, -0.2) is 13.4 Å². The number of benzene rings is 2. The first-order chi connectivity index (χ1) is 15.3. The maximum Gasteiger partial charge on any atom is 0.253 e. The van der Waals surface area contributed by atoms with Crippen LogP contribution >= 0.6 is 11.6 Å². The predicted octanol–water partition coefficient (Wildman–Crippen LogP) is 4.52. The summed E-state index contributed by atoms with van der Waals surface area (Å²) in [5.74, 6) is 0.242. The predicted molar refractivity (Wildman–Crippen MR) is 125 cm³/mol. The molecule has 4 rings (SSSR count). The summed E-state index contributed by atoms with van der Waals surface area (Å²) in [6.45, 7) is 4.95. The Labute approximate surface area is 193 Å². The molecule has 2 aromatic carbocycles. The van der Waals surface area contributed by atoms with Crippen LogP contribution in [0, 0.1) is 5.92 Å². The van der Waals surface area contributed by atoms with Crippen molar-refractivity contribution in [3.63, 3.8) is 0 Å². The molecule has 7 nitrogen and oxygen atoms in total. The van der Waals surface area contributed by atoms with Crippen molar-refractivity contribution in [1.82, 2.24) is 19.6 Å². The fourth-order valence-corrected chi connectivity index (χ4v) is 5.73. The number of carbonyl (C=O) groups is 1. The van der Waals surface area contributed by atoms with Crippen molar-refractivity contribution in [2.24, 2.45) is 5.92 Å². The van der Waals surface area contributed by atoms with E-state index in [9.17, 15) is 13.2 Å². The molecule has 1 atom stereocenters. The molecule has 2 heterocycles. The van der Waals surface area contributed by atoms with Gasteiger partial charge in [-0.3, -0.25) is 4.79 Å². The topological polar surface area (TPSA) is 95.2 Å². The summed E-state index contributed by atoms with van der Waals surface area (Å²) in [5.41, 5.74) is 1.83.